The molecule has 0 aromatic heterocycles. The predicted octanol–water partition coefficient (Wildman–Crippen LogP) is 8.07. The first kappa shape index (κ1) is 17.3. The molecule has 1 heterocycles. The Morgan fingerprint density at radius 1 is 0.581 bits per heavy atom. The van der Waals surface area contributed by atoms with Crippen molar-refractivity contribution in [2.75, 3.05) is 0 Å². The van der Waals surface area contributed by atoms with Gasteiger partial charge in [-0.05, 0) is 39.8 Å². The van der Waals surface area contributed by atoms with E-state index < -0.39 is 5.41 Å². The lowest BCUT2D eigenvalue weighted by Gasteiger charge is -2.39. The third-order valence-electron chi connectivity index (χ3n) is 6.80. The molecule has 0 saturated carbocycles. The third-order valence-corrected chi connectivity index (χ3v) is 7.29. The van der Waals surface area contributed by atoms with Crippen LogP contribution in [0.3, 0.4) is 0 Å². The van der Waals surface area contributed by atoms with E-state index in [2.05, 4.69) is 119 Å². The molecule has 0 unspecified atom stereocenters. The van der Waals surface area contributed by atoms with Crippen molar-refractivity contribution in [3.8, 4) is 22.6 Å². The van der Waals surface area contributed by atoms with Crippen molar-refractivity contribution >= 4 is 26.7 Å². The van der Waals surface area contributed by atoms with Crippen LogP contribution < -0.4 is 4.74 Å². The van der Waals surface area contributed by atoms with Gasteiger partial charge in [-0.3, -0.25) is 0 Å². The first-order valence-corrected chi connectivity index (χ1v) is 11.3. The molecule has 146 valence electrons. The van der Waals surface area contributed by atoms with Gasteiger partial charge in [0.15, 0.2) is 0 Å². The quantitative estimate of drug-likeness (QED) is 0.222. The van der Waals surface area contributed by atoms with Crippen molar-refractivity contribution in [3.63, 3.8) is 0 Å². The van der Waals surface area contributed by atoms with Crippen molar-refractivity contribution < 1.29 is 4.74 Å². The molecule has 2 aliphatic rings. The third kappa shape index (κ3) is 2.11. The Morgan fingerprint density at radius 3 is 2.00 bits per heavy atom. The fourth-order valence-electron chi connectivity index (χ4n) is 5.61. The first-order valence-electron chi connectivity index (χ1n) is 10.5. The fraction of sp³-hybridized carbons (Fsp3) is 0.0345. The van der Waals surface area contributed by atoms with Crippen LogP contribution in [0.25, 0.3) is 21.9 Å². The van der Waals surface area contributed by atoms with Crippen LogP contribution in [0.4, 0.5) is 0 Å². The highest BCUT2D eigenvalue weighted by Gasteiger charge is 2.51. The standard InChI is InChI=1S/C29H17BrO/c30-19-14-16-25-27(17-19)31-28-20-8-2-1-7-18(20)13-15-26(28)29(25)23-11-5-3-9-21(23)22-10-4-6-12-24(22)29/h1-17H. The van der Waals surface area contributed by atoms with E-state index in [9.17, 15) is 0 Å². The maximum atomic E-state index is 6.66. The van der Waals surface area contributed by atoms with Crippen LogP contribution in [-0.4, -0.2) is 0 Å². The van der Waals surface area contributed by atoms with E-state index >= 15 is 0 Å². The summed E-state index contributed by atoms with van der Waals surface area (Å²) >= 11 is 3.66. The van der Waals surface area contributed by atoms with E-state index in [4.69, 9.17) is 4.74 Å². The van der Waals surface area contributed by atoms with Gasteiger partial charge in [0, 0.05) is 21.0 Å². The minimum absolute atomic E-state index is 0.402. The SMILES string of the molecule is Brc1ccc2c(c1)Oc1c(ccc3ccccc13)C21c2ccccc2-c2ccccc21. The van der Waals surface area contributed by atoms with Crippen molar-refractivity contribution in [2.24, 2.45) is 0 Å². The smallest absolute Gasteiger partial charge is 0.140 e. The topological polar surface area (TPSA) is 9.23 Å². The second-order valence-electron chi connectivity index (χ2n) is 8.25. The molecule has 5 aromatic rings. The Bertz CT molecular complexity index is 1490. The van der Waals surface area contributed by atoms with Gasteiger partial charge in [0.25, 0.3) is 0 Å². The molecule has 0 radical (unpaired) electrons. The molecular formula is C29H17BrO. The van der Waals surface area contributed by atoms with E-state index in [0.717, 1.165) is 21.4 Å². The molecular weight excluding hydrogens is 444 g/mol. The summed E-state index contributed by atoms with van der Waals surface area (Å²) in [7, 11) is 0. The molecule has 0 atom stereocenters. The second-order valence-corrected chi connectivity index (χ2v) is 9.16. The van der Waals surface area contributed by atoms with E-state index in [1.165, 1.54) is 38.8 Å². The van der Waals surface area contributed by atoms with E-state index in [1.807, 2.05) is 0 Å². The number of hydrogen-bond acceptors (Lipinski definition) is 1. The van der Waals surface area contributed by atoms with E-state index in [-0.39, 0.29) is 0 Å². The van der Waals surface area contributed by atoms with Crippen LogP contribution in [0.1, 0.15) is 22.3 Å². The lowest BCUT2D eigenvalue weighted by molar-refractivity contribution is 0.441. The van der Waals surface area contributed by atoms with Crippen molar-refractivity contribution in [2.45, 2.75) is 5.41 Å². The molecule has 1 aliphatic carbocycles. The van der Waals surface area contributed by atoms with Gasteiger partial charge in [-0.25, -0.2) is 0 Å². The number of ether oxygens (including phenoxy) is 1. The summed E-state index contributed by atoms with van der Waals surface area (Å²) in [5, 5.41) is 2.33. The summed E-state index contributed by atoms with van der Waals surface area (Å²) in [5.41, 5.74) is 7.23. The summed E-state index contributed by atoms with van der Waals surface area (Å²) in [6.07, 6.45) is 0. The van der Waals surface area contributed by atoms with Crippen LogP contribution in [0, 0.1) is 0 Å². The highest BCUT2D eigenvalue weighted by atomic mass is 79.9. The number of rotatable bonds is 0. The van der Waals surface area contributed by atoms with Crippen molar-refractivity contribution in [3.05, 3.63) is 130 Å². The van der Waals surface area contributed by atoms with Crippen LogP contribution in [0.2, 0.25) is 0 Å². The van der Waals surface area contributed by atoms with E-state index in [1.54, 1.807) is 0 Å². The molecule has 0 amide bonds. The minimum Gasteiger partial charge on any atom is -0.456 e. The molecule has 5 aromatic carbocycles. The van der Waals surface area contributed by atoms with Gasteiger partial charge >= 0.3 is 0 Å². The van der Waals surface area contributed by atoms with Gasteiger partial charge in [0.05, 0.1) is 5.41 Å². The van der Waals surface area contributed by atoms with Gasteiger partial charge in [0.2, 0.25) is 0 Å². The lowest BCUT2D eigenvalue weighted by Crippen LogP contribution is -2.32. The second kappa shape index (κ2) is 6.09. The van der Waals surface area contributed by atoms with Crippen molar-refractivity contribution in [1.82, 2.24) is 0 Å². The summed E-state index contributed by atoms with van der Waals surface area (Å²) < 4.78 is 7.68. The molecule has 1 nitrogen and oxygen atoms in total. The molecule has 0 bridgehead atoms. The highest BCUT2D eigenvalue weighted by molar-refractivity contribution is 9.10. The molecule has 0 saturated heterocycles. The number of benzene rings is 5. The first-order chi connectivity index (χ1) is 15.3. The fourth-order valence-corrected chi connectivity index (χ4v) is 5.95. The van der Waals surface area contributed by atoms with Crippen LogP contribution in [-0.2, 0) is 5.41 Å². The van der Waals surface area contributed by atoms with Crippen LogP contribution in [0.15, 0.2) is 108 Å². The van der Waals surface area contributed by atoms with Gasteiger partial charge in [-0.15, -0.1) is 0 Å². The zero-order valence-electron chi connectivity index (χ0n) is 16.6. The van der Waals surface area contributed by atoms with Gasteiger partial charge < -0.3 is 4.74 Å². The molecule has 7 rings (SSSR count). The average molecular weight is 461 g/mol. The summed E-state index contributed by atoms with van der Waals surface area (Å²) in [6, 6.07) is 37.1. The lowest BCUT2D eigenvalue weighted by atomic mass is 9.66. The monoisotopic (exact) mass is 460 g/mol. The Labute approximate surface area is 189 Å². The van der Waals surface area contributed by atoms with E-state index in [0.29, 0.717) is 0 Å². The zero-order valence-corrected chi connectivity index (χ0v) is 18.2. The molecule has 1 aliphatic heterocycles. The molecule has 0 N–H and O–H groups in total. The summed E-state index contributed by atoms with van der Waals surface area (Å²) in [6.45, 7) is 0. The molecule has 1 spiro atoms. The summed E-state index contributed by atoms with van der Waals surface area (Å²) in [5.74, 6) is 1.86. The molecule has 0 fully saturated rings. The Hall–Kier alpha value is -3.36. The predicted molar refractivity (Wildman–Crippen MR) is 129 cm³/mol. The Morgan fingerprint density at radius 2 is 1.23 bits per heavy atom. The minimum atomic E-state index is -0.402. The Kier molecular flexibility index (Phi) is 3.40. The van der Waals surface area contributed by atoms with Crippen molar-refractivity contribution in [1.29, 1.82) is 0 Å². The normalized spacial score (nSPS) is 14.5. The highest BCUT2D eigenvalue weighted by Crippen LogP contribution is 2.62. The number of fused-ring (bicyclic) bond motifs is 11. The van der Waals surface area contributed by atoms with Crippen LogP contribution in [0.5, 0.6) is 11.5 Å². The number of hydrogen-bond donors (Lipinski definition) is 0. The van der Waals surface area contributed by atoms with Gasteiger partial charge in [-0.2, -0.15) is 0 Å². The average Bonchev–Trinajstić information content (AvgIpc) is 3.10. The van der Waals surface area contributed by atoms with Gasteiger partial charge in [-0.1, -0.05) is 107 Å². The van der Waals surface area contributed by atoms with Crippen LogP contribution >= 0.6 is 15.9 Å². The largest absolute Gasteiger partial charge is 0.456 e. The zero-order chi connectivity index (χ0) is 20.6. The number of halogens is 1. The Balaban J connectivity index is 1.73. The maximum Gasteiger partial charge on any atom is 0.140 e. The summed E-state index contributed by atoms with van der Waals surface area (Å²) in [4.78, 5) is 0. The molecule has 31 heavy (non-hydrogen) atoms. The van der Waals surface area contributed by atoms with Gasteiger partial charge in [0.1, 0.15) is 11.5 Å². The molecule has 2 heteroatoms. The maximum absolute atomic E-state index is 6.66.